The molecule has 0 spiro atoms. The van der Waals surface area contributed by atoms with Crippen LogP contribution >= 0.6 is 0 Å². The van der Waals surface area contributed by atoms with Crippen LogP contribution in [-0.4, -0.2) is 48.2 Å². The minimum Gasteiger partial charge on any atom is -0.332 e. The molecule has 0 saturated carbocycles. The zero-order chi connectivity index (χ0) is 17.2. The van der Waals surface area contributed by atoms with Crippen molar-refractivity contribution in [2.24, 2.45) is 0 Å². The Morgan fingerprint density at radius 3 is 2.84 bits per heavy atom. The molecule has 1 fully saturated rings. The van der Waals surface area contributed by atoms with E-state index in [1.165, 1.54) is 0 Å². The van der Waals surface area contributed by atoms with Gasteiger partial charge in [-0.2, -0.15) is 5.10 Å². The van der Waals surface area contributed by atoms with Crippen molar-refractivity contribution in [3.8, 4) is 5.69 Å². The van der Waals surface area contributed by atoms with Crippen LogP contribution in [0.15, 0.2) is 48.8 Å². The lowest BCUT2D eigenvalue weighted by atomic mass is 10.2. The summed E-state index contributed by atoms with van der Waals surface area (Å²) in [5, 5.41) is 12.6. The molecule has 1 unspecified atom stereocenters. The monoisotopic (exact) mass is 336 g/mol. The Hall–Kier alpha value is -2.96. The molecule has 7 heteroatoms. The van der Waals surface area contributed by atoms with Crippen LogP contribution < -0.4 is 0 Å². The highest BCUT2D eigenvalue weighted by Crippen LogP contribution is 2.22. The zero-order valence-electron chi connectivity index (χ0n) is 14.1. The van der Waals surface area contributed by atoms with Gasteiger partial charge in [0.15, 0.2) is 5.69 Å². The summed E-state index contributed by atoms with van der Waals surface area (Å²) in [7, 11) is 0. The highest BCUT2D eigenvalue weighted by molar-refractivity contribution is 5.93. The zero-order valence-corrected chi connectivity index (χ0v) is 14.1. The van der Waals surface area contributed by atoms with Gasteiger partial charge in [0.05, 0.1) is 24.0 Å². The predicted octanol–water partition coefficient (Wildman–Crippen LogP) is 2.08. The molecule has 0 aliphatic carbocycles. The normalized spacial score (nSPS) is 17.2. The third-order valence-electron chi connectivity index (χ3n) is 4.69. The maximum atomic E-state index is 13.0. The van der Waals surface area contributed by atoms with Crippen LogP contribution in [0.1, 0.15) is 29.0 Å². The Bertz CT molecular complexity index is 855. The molecule has 4 rings (SSSR count). The molecule has 0 radical (unpaired) electrons. The number of hydrogen-bond acceptors (Lipinski definition) is 4. The van der Waals surface area contributed by atoms with Gasteiger partial charge in [0.2, 0.25) is 0 Å². The molecule has 1 amide bonds. The molecule has 0 N–H and O–H groups in total. The molecule has 25 heavy (non-hydrogen) atoms. The molecule has 3 heterocycles. The molecule has 1 aromatic carbocycles. The molecule has 1 saturated heterocycles. The third kappa shape index (κ3) is 2.93. The van der Waals surface area contributed by atoms with Crippen LogP contribution in [0.2, 0.25) is 0 Å². The number of carbonyl (C=O) groups is 1. The molecule has 128 valence electrons. The second-order valence-electron chi connectivity index (χ2n) is 6.29. The van der Waals surface area contributed by atoms with E-state index in [0.29, 0.717) is 12.2 Å². The maximum absolute atomic E-state index is 13.0. The van der Waals surface area contributed by atoms with Crippen molar-refractivity contribution < 1.29 is 4.79 Å². The minimum absolute atomic E-state index is 0.0469. The fraction of sp³-hybridized carbons (Fsp3) is 0.333. The Kier molecular flexibility index (Phi) is 4.05. The van der Waals surface area contributed by atoms with E-state index in [-0.39, 0.29) is 11.9 Å². The van der Waals surface area contributed by atoms with E-state index >= 15 is 0 Å². The summed E-state index contributed by atoms with van der Waals surface area (Å²) in [5.74, 6) is -0.0469. The Labute approximate surface area is 145 Å². The fourth-order valence-electron chi connectivity index (χ4n) is 3.39. The first kappa shape index (κ1) is 15.6. The van der Waals surface area contributed by atoms with Gasteiger partial charge >= 0.3 is 0 Å². The van der Waals surface area contributed by atoms with Crippen LogP contribution in [0, 0.1) is 6.92 Å². The van der Waals surface area contributed by atoms with Gasteiger partial charge in [-0.1, -0.05) is 23.4 Å². The third-order valence-corrected chi connectivity index (χ3v) is 4.69. The summed E-state index contributed by atoms with van der Waals surface area (Å²) in [6, 6.07) is 11.8. The van der Waals surface area contributed by atoms with Crippen molar-refractivity contribution in [1.82, 2.24) is 29.7 Å². The van der Waals surface area contributed by atoms with Crippen molar-refractivity contribution in [3.63, 3.8) is 0 Å². The van der Waals surface area contributed by atoms with Gasteiger partial charge in [0.25, 0.3) is 5.91 Å². The second kappa shape index (κ2) is 6.51. The van der Waals surface area contributed by atoms with Crippen LogP contribution in [0.5, 0.6) is 0 Å². The number of aromatic nitrogens is 5. The molecule has 1 aliphatic rings. The molecule has 3 aromatic rings. The van der Waals surface area contributed by atoms with Gasteiger partial charge in [-0.25, -0.2) is 4.68 Å². The van der Waals surface area contributed by atoms with Gasteiger partial charge in [-0.05, 0) is 38.0 Å². The van der Waals surface area contributed by atoms with Gasteiger partial charge < -0.3 is 4.90 Å². The van der Waals surface area contributed by atoms with Crippen molar-refractivity contribution in [1.29, 1.82) is 0 Å². The summed E-state index contributed by atoms with van der Waals surface area (Å²) < 4.78 is 3.59. The van der Waals surface area contributed by atoms with E-state index in [4.69, 9.17) is 0 Å². The van der Waals surface area contributed by atoms with Crippen molar-refractivity contribution in [2.45, 2.75) is 32.4 Å². The summed E-state index contributed by atoms with van der Waals surface area (Å²) in [6.07, 6.45) is 5.68. The molecular formula is C18H20N6O. The van der Waals surface area contributed by atoms with E-state index in [0.717, 1.165) is 30.8 Å². The van der Waals surface area contributed by atoms with Crippen molar-refractivity contribution in [3.05, 3.63) is 60.2 Å². The van der Waals surface area contributed by atoms with E-state index in [1.54, 1.807) is 10.9 Å². The smallest absolute Gasteiger partial charge is 0.276 e. The maximum Gasteiger partial charge on any atom is 0.276 e. The summed E-state index contributed by atoms with van der Waals surface area (Å²) in [6.45, 7) is 3.35. The first-order chi connectivity index (χ1) is 12.2. The topological polar surface area (TPSA) is 68.8 Å². The fourth-order valence-corrected chi connectivity index (χ4v) is 3.39. The standard InChI is InChI=1S/C18H20N6O/c1-14-17(20-21-24(14)15-7-3-2-4-8-15)18(25)23-12-5-9-16(23)13-22-11-6-10-19-22/h2-4,6-8,10-11,16H,5,9,12-13H2,1H3. The quantitative estimate of drug-likeness (QED) is 0.731. The average Bonchev–Trinajstić information content (AvgIpc) is 3.37. The van der Waals surface area contributed by atoms with E-state index < -0.39 is 0 Å². The minimum atomic E-state index is -0.0469. The predicted molar refractivity (Wildman–Crippen MR) is 92.4 cm³/mol. The Morgan fingerprint density at radius 1 is 1.24 bits per heavy atom. The molecule has 7 nitrogen and oxygen atoms in total. The van der Waals surface area contributed by atoms with Crippen LogP contribution in [-0.2, 0) is 6.54 Å². The number of carbonyl (C=O) groups excluding carboxylic acids is 1. The number of likely N-dealkylation sites (tertiary alicyclic amines) is 1. The number of benzene rings is 1. The van der Waals surface area contributed by atoms with Crippen LogP contribution in [0.25, 0.3) is 5.69 Å². The number of para-hydroxylation sites is 1. The SMILES string of the molecule is Cc1c(C(=O)N2CCCC2Cn2cccn2)nnn1-c1ccccc1. The van der Waals surface area contributed by atoms with E-state index in [9.17, 15) is 4.79 Å². The highest BCUT2D eigenvalue weighted by atomic mass is 16.2. The molecule has 1 aliphatic heterocycles. The van der Waals surface area contributed by atoms with Gasteiger partial charge in [0, 0.05) is 18.9 Å². The average molecular weight is 336 g/mol. The van der Waals surface area contributed by atoms with Crippen LogP contribution in [0.4, 0.5) is 0 Å². The summed E-state index contributed by atoms with van der Waals surface area (Å²) in [5.41, 5.74) is 2.10. The van der Waals surface area contributed by atoms with Gasteiger partial charge in [0.1, 0.15) is 0 Å². The Balaban J connectivity index is 1.57. The highest BCUT2D eigenvalue weighted by Gasteiger charge is 2.32. The van der Waals surface area contributed by atoms with Crippen molar-refractivity contribution in [2.75, 3.05) is 6.54 Å². The lowest BCUT2D eigenvalue weighted by Gasteiger charge is -2.24. The van der Waals surface area contributed by atoms with E-state index in [2.05, 4.69) is 15.4 Å². The molecule has 2 aromatic heterocycles. The molecule has 0 bridgehead atoms. The van der Waals surface area contributed by atoms with E-state index in [1.807, 2.05) is 59.1 Å². The van der Waals surface area contributed by atoms with Crippen LogP contribution in [0.3, 0.4) is 0 Å². The number of rotatable bonds is 4. The first-order valence-electron chi connectivity index (χ1n) is 8.50. The van der Waals surface area contributed by atoms with Gasteiger partial charge in [-0.3, -0.25) is 9.48 Å². The molecular weight excluding hydrogens is 316 g/mol. The van der Waals surface area contributed by atoms with Crippen molar-refractivity contribution >= 4 is 5.91 Å². The number of amides is 1. The summed E-state index contributed by atoms with van der Waals surface area (Å²) >= 11 is 0. The summed E-state index contributed by atoms with van der Waals surface area (Å²) in [4.78, 5) is 14.9. The largest absolute Gasteiger partial charge is 0.332 e. The number of nitrogens with zero attached hydrogens (tertiary/aromatic N) is 6. The lowest BCUT2D eigenvalue weighted by molar-refractivity contribution is 0.0715. The second-order valence-corrected chi connectivity index (χ2v) is 6.29. The Morgan fingerprint density at radius 2 is 2.08 bits per heavy atom. The first-order valence-corrected chi connectivity index (χ1v) is 8.50. The number of hydrogen-bond donors (Lipinski definition) is 0. The van der Waals surface area contributed by atoms with Gasteiger partial charge in [-0.15, -0.1) is 5.10 Å². The molecule has 1 atom stereocenters. The lowest BCUT2D eigenvalue weighted by Crippen LogP contribution is -2.38.